The second-order valence-electron chi connectivity index (χ2n) is 2.76. The molecule has 0 saturated carbocycles. The third-order valence-corrected chi connectivity index (χ3v) is 1.93. The minimum Gasteiger partial charge on any atom is -0.358 e. The summed E-state index contributed by atoms with van der Waals surface area (Å²) in [6.07, 6.45) is 2.41. The zero-order valence-corrected chi connectivity index (χ0v) is 6.54. The number of rotatable bonds is 0. The Bertz CT molecular complexity index is 345. The molecule has 2 rings (SSSR count). The first-order chi connectivity index (χ1) is 5.90. The van der Waals surface area contributed by atoms with E-state index in [0.717, 1.165) is 17.8 Å². The summed E-state index contributed by atoms with van der Waals surface area (Å²) in [7, 11) is 0. The number of hydrogen-bond donors (Lipinski definition) is 1. The lowest BCUT2D eigenvalue weighted by Crippen LogP contribution is -1.89. The summed E-state index contributed by atoms with van der Waals surface area (Å²) >= 11 is 0. The van der Waals surface area contributed by atoms with Crippen molar-refractivity contribution < 1.29 is 0 Å². The molecule has 0 bridgehead atoms. The van der Waals surface area contributed by atoms with Gasteiger partial charge >= 0.3 is 0 Å². The number of nitrogens with zero attached hydrogens (tertiary/aromatic N) is 1. The van der Waals surface area contributed by atoms with Gasteiger partial charge in [0, 0.05) is 23.9 Å². The first-order valence-corrected chi connectivity index (χ1v) is 3.84. The van der Waals surface area contributed by atoms with Crippen molar-refractivity contribution in [2.75, 3.05) is 5.32 Å². The molecule has 2 nitrogen and oxygen atoms in total. The average molecular weight is 156 g/mol. The molecule has 0 fully saturated rings. The first kappa shape index (κ1) is 6.93. The molecule has 0 spiro atoms. The lowest BCUT2D eigenvalue weighted by Gasteiger charge is -1.95. The molecule has 1 aliphatic rings. The summed E-state index contributed by atoms with van der Waals surface area (Å²) in [5.74, 6) is 0. The third-order valence-electron chi connectivity index (χ3n) is 1.93. The summed E-state index contributed by atoms with van der Waals surface area (Å²) in [5, 5.41) is 11.6. The number of para-hydroxylation sites is 1. The summed E-state index contributed by atoms with van der Waals surface area (Å²) < 4.78 is 0. The summed E-state index contributed by atoms with van der Waals surface area (Å²) in [6.45, 7) is 0. The molecule has 2 heteroatoms. The van der Waals surface area contributed by atoms with Crippen LogP contribution in [0.1, 0.15) is 5.56 Å². The SMILES string of the molecule is N#CC=C1Cc2ccccc2N1. The number of benzene rings is 1. The molecule has 1 aliphatic heterocycles. The molecule has 0 radical (unpaired) electrons. The van der Waals surface area contributed by atoms with Gasteiger partial charge in [0.25, 0.3) is 0 Å². The van der Waals surface area contributed by atoms with Gasteiger partial charge in [-0.15, -0.1) is 0 Å². The number of anilines is 1. The molecular formula is C10H8N2. The average Bonchev–Trinajstić information content (AvgIpc) is 2.47. The van der Waals surface area contributed by atoms with E-state index >= 15 is 0 Å². The van der Waals surface area contributed by atoms with E-state index in [4.69, 9.17) is 5.26 Å². The number of nitrogens with one attached hydrogen (secondary N) is 1. The summed E-state index contributed by atoms with van der Waals surface area (Å²) in [6, 6.07) is 10.1. The van der Waals surface area contributed by atoms with Crippen LogP contribution in [0.2, 0.25) is 0 Å². The minimum absolute atomic E-state index is 0.851. The van der Waals surface area contributed by atoms with Gasteiger partial charge in [-0.25, -0.2) is 0 Å². The Morgan fingerprint density at radius 2 is 2.25 bits per heavy atom. The Labute approximate surface area is 71.1 Å². The van der Waals surface area contributed by atoms with Crippen molar-refractivity contribution in [3.63, 3.8) is 0 Å². The highest BCUT2D eigenvalue weighted by molar-refractivity contribution is 5.62. The van der Waals surface area contributed by atoms with Crippen LogP contribution in [0, 0.1) is 11.3 Å². The van der Waals surface area contributed by atoms with Gasteiger partial charge in [0.15, 0.2) is 0 Å². The van der Waals surface area contributed by atoms with Gasteiger partial charge in [0.05, 0.1) is 6.07 Å². The maximum absolute atomic E-state index is 8.44. The van der Waals surface area contributed by atoms with E-state index in [1.54, 1.807) is 6.08 Å². The van der Waals surface area contributed by atoms with Crippen LogP contribution in [-0.2, 0) is 6.42 Å². The second-order valence-corrected chi connectivity index (χ2v) is 2.76. The lowest BCUT2D eigenvalue weighted by atomic mass is 10.1. The zero-order chi connectivity index (χ0) is 8.39. The van der Waals surface area contributed by atoms with Crippen LogP contribution < -0.4 is 5.32 Å². The molecule has 1 N–H and O–H groups in total. The molecule has 12 heavy (non-hydrogen) atoms. The van der Waals surface area contributed by atoms with Crippen molar-refractivity contribution in [1.82, 2.24) is 0 Å². The van der Waals surface area contributed by atoms with Crippen LogP contribution in [0.5, 0.6) is 0 Å². The Morgan fingerprint density at radius 1 is 1.42 bits per heavy atom. The molecule has 1 aromatic carbocycles. The van der Waals surface area contributed by atoms with Gasteiger partial charge in [-0.1, -0.05) is 18.2 Å². The van der Waals surface area contributed by atoms with E-state index in [-0.39, 0.29) is 0 Å². The zero-order valence-electron chi connectivity index (χ0n) is 6.54. The van der Waals surface area contributed by atoms with E-state index in [2.05, 4.69) is 11.4 Å². The Morgan fingerprint density at radius 3 is 3.00 bits per heavy atom. The van der Waals surface area contributed by atoms with Crippen LogP contribution >= 0.6 is 0 Å². The van der Waals surface area contributed by atoms with E-state index in [1.165, 1.54) is 5.56 Å². The predicted molar refractivity (Wildman–Crippen MR) is 47.5 cm³/mol. The number of nitriles is 1. The standard InChI is InChI=1S/C10H8N2/c11-6-5-9-7-8-3-1-2-4-10(8)12-9/h1-5,12H,7H2. The Hall–Kier alpha value is -1.75. The third kappa shape index (κ3) is 1.06. The molecule has 58 valence electrons. The van der Waals surface area contributed by atoms with E-state index < -0.39 is 0 Å². The first-order valence-electron chi connectivity index (χ1n) is 3.84. The molecule has 0 aliphatic carbocycles. The van der Waals surface area contributed by atoms with Crippen LogP contribution in [0.15, 0.2) is 36.0 Å². The highest BCUT2D eigenvalue weighted by atomic mass is 14.9. The van der Waals surface area contributed by atoms with E-state index in [0.29, 0.717) is 0 Å². The molecule has 1 aromatic rings. The Kier molecular flexibility index (Phi) is 1.56. The number of fused-ring (bicyclic) bond motifs is 1. The van der Waals surface area contributed by atoms with Crippen molar-refractivity contribution in [3.05, 3.63) is 41.6 Å². The van der Waals surface area contributed by atoms with Gasteiger partial charge in [-0.2, -0.15) is 5.26 Å². The molecule has 0 saturated heterocycles. The highest BCUT2D eigenvalue weighted by Gasteiger charge is 2.12. The quantitative estimate of drug-likeness (QED) is 0.583. The molecular weight excluding hydrogens is 148 g/mol. The van der Waals surface area contributed by atoms with Crippen molar-refractivity contribution >= 4 is 5.69 Å². The fraction of sp³-hybridized carbons (Fsp3) is 0.100. The molecule has 0 atom stereocenters. The maximum Gasteiger partial charge on any atom is 0.0930 e. The van der Waals surface area contributed by atoms with Gasteiger partial charge in [-0.3, -0.25) is 0 Å². The fourth-order valence-corrected chi connectivity index (χ4v) is 1.38. The predicted octanol–water partition coefficient (Wildman–Crippen LogP) is 2.06. The monoisotopic (exact) mass is 156 g/mol. The van der Waals surface area contributed by atoms with Gasteiger partial charge in [0.1, 0.15) is 0 Å². The fourth-order valence-electron chi connectivity index (χ4n) is 1.38. The number of hydrogen-bond acceptors (Lipinski definition) is 2. The second kappa shape index (κ2) is 2.71. The largest absolute Gasteiger partial charge is 0.358 e. The molecule has 0 amide bonds. The smallest absolute Gasteiger partial charge is 0.0930 e. The highest BCUT2D eigenvalue weighted by Crippen LogP contribution is 2.26. The van der Waals surface area contributed by atoms with E-state index in [1.807, 2.05) is 24.3 Å². The van der Waals surface area contributed by atoms with Crippen LogP contribution in [0.25, 0.3) is 0 Å². The molecule has 1 heterocycles. The van der Waals surface area contributed by atoms with Crippen molar-refractivity contribution in [2.45, 2.75) is 6.42 Å². The van der Waals surface area contributed by atoms with E-state index in [9.17, 15) is 0 Å². The topological polar surface area (TPSA) is 35.8 Å². The minimum atomic E-state index is 0.851. The summed E-state index contributed by atoms with van der Waals surface area (Å²) in [5.41, 5.74) is 3.37. The van der Waals surface area contributed by atoms with Crippen molar-refractivity contribution in [3.8, 4) is 6.07 Å². The van der Waals surface area contributed by atoms with Crippen LogP contribution in [0.3, 0.4) is 0 Å². The molecule has 0 aromatic heterocycles. The normalized spacial score (nSPS) is 16.8. The van der Waals surface area contributed by atoms with Crippen LogP contribution in [-0.4, -0.2) is 0 Å². The summed E-state index contributed by atoms with van der Waals surface area (Å²) in [4.78, 5) is 0. The van der Waals surface area contributed by atoms with Crippen LogP contribution in [0.4, 0.5) is 5.69 Å². The lowest BCUT2D eigenvalue weighted by molar-refractivity contribution is 1.25. The van der Waals surface area contributed by atoms with Gasteiger partial charge < -0.3 is 5.32 Å². The molecule has 0 unspecified atom stereocenters. The Balaban J connectivity index is 2.35. The number of allylic oxidation sites excluding steroid dienone is 2. The van der Waals surface area contributed by atoms with Crippen molar-refractivity contribution in [2.24, 2.45) is 0 Å². The van der Waals surface area contributed by atoms with Gasteiger partial charge in [0.2, 0.25) is 0 Å². The van der Waals surface area contributed by atoms with Crippen molar-refractivity contribution in [1.29, 1.82) is 5.26 Å². The maximum atomic E-state index is 8.44. The van der Waals surface area contributed by atoms with Gasteiger partial charge in [-0.05, 0) is 11.6 Å².